The van der Waals surface area contributed by atoms with E-state index in [2.05, 4.69) is 25.1 Å². The minimum absolute atomic E-state index is 0.115. The molecule has 20 heavy (non-hydrogen) atoms. The predicted molar refractivity (Wildman–Crippen MR) is 85.0 cm³/mol. The number of rotatable bonds is 6. The summed E-state index contributed by atoms with van der Waals surface area (Å²) in [6.45, 7) is 2.96. The van der Waals surface area contributed by atoms with Crippen molar-refractivity contribution in [3.63, 3.8) is 0 Å². The van der Waals surface area contributed by atoms with Gasteiger partial charge in [0.05, 0.1) is 5.02 Å². The van der Waals surface area contributed by atoms with Crippen molar-refractivity contribution in [2.45, 2.75) is 19.0 Å². The number of ether oxygens (including phenoxy) is 2. The highest BCUT2D eigenvalue weighted by molar-refractivity contribution is 7.98. The van der Waals surface area contributed by atoms with E-state index in [1.165, 1.54) is 0 Å². The fourth-order valence-corrected chi connectivity index (χ4v) is 3.37. The average molecular weight is 317 g/mol. The van der Waals surface area contributed by atoms with Gasteiger partial charge in [0.2, 0.25) is 6.79 Å². The van der Waals surface area contributed by atoms with Gasteiger partial charge >= 0.3 is 0 Å². The molecule has 0 aliphatic carbocycles. The van der Waals surface area contributed by atoms with E-state index in [1.807, 2.05) is 23.9 Å². The predicted octanol–water partition coefficient (Wildman–Crippen LogP) is 2.75. The van der Waals surface area contributed by atoms with Crippen LogP contribution in [-0.2, 0) is 0 Å². The van der Waals surface area contributed by atoms with Crippen molar-refractivity contribution in [1.29, 1.82) is 0 Å². The molecular formula is C14H21ClN2O2S. The molecule has 1 heterocycles. The standard InChI is InChI=1S/C14H21ClN2O2S/c1-9(7-20-3)17(2)12(6-16)10-4-11(15)14-13(5-10)18-8-19-14/h4-5,9,12H,6-8,16H2,1-3H3. The molecule has 0 aromatic heterocycles. The maximum Gasteiger partial charge on any atom is 0.231 e. The lowest BCUT2D eigenvalue weighted by atomic mass is 10.0. The maximum atomic E-state index is 6.25. The van der Waals surface area contributed by atoms with E-state index >= 15 is 0 Å². The molecule has 2 unspecified atom stereocenters. The van der Waals surface area contributed by atoms with Crippen LogP contribution in [0.25, 0.3) is 0 Å². The largest absolute Gasteiger partial charge is 0.454 e. The fourth-order valence-electron chi connectivity index (χ4n) is 2.38. The molecule has 112 valence electrons. The van der Waals surface area contributed by atoms with Gasteiger partial charge in [0, 0.05) is 24.4 Å². The molecular weight excluding hydrogens is 296 g/mol. The fraction of sp³-hybridized carbons (Fsp3) is 0.571. The zero-order chi connectivity index (χ0) is 14.7. The Hall–Kier alpha value is -0.620. The Kier molecular flexibility index (Phi) is 5.43. The van der Waals surface area contributed by atoms with Gasteiger partial charge in [0.1, 0.15) is 0 Å². The number of hydrogen-bond donors (Lipinski definition) is 1. The molecule has 1 aliphatic rings. The van der Waals surface area contributed by atoms with E-state index in [4.69, 9.17) is 26.8 Å². The topological polar surface area (TPSA) is 47.7 Å². The van der Waals surface area contributed by atoms with Crippen LogP contribution < -0.4 is 15.2 Å². The molecule has 1 aliphatic heterocycles. The highest BCUT2D eigenvalue weighted by Crippen LogP contribution is 2.41. The van der Waals surface area contributed by atoms with E-state index in [0.29, 0.717) is 29.1 Å². The van der Waals surface area contributed by atoms with Gasteiger partial charge in [0.25, 0.3) is 0 Å². The van der Waals surface area contributed by atoms with Gasteiger partial charge in [-0.25, -0.2) is 0 Å². The molecule has 0 saturated heterocycles. The number of likely N-dealkylation sites (N-methyl/N-ethyl adjacent to an activating group) is 1. The van der Waals surface area contributed by atoms with Gasteiger partial charge in [-0.05, 0) is 37.9 Å². The second-order valence-electron chi connectivity index (χ2n) is 4.96. The van der Waals surface area contributed by atoms with Gasteiger partial charge in [-0.1, -0.05) is 11.6 Å². The molecule has 6 heteroatoms. The SMILES string of the molecule is CSCC(C)N(C)C(CN)c1cc(Cl)c2c(c1)OCO2. The van der Waals surface area contributed by atoms with Crippen LogP contribution in [0.3, 0.4) is 0 Å². The monoisotopic (exact) mass is 316 g/mol. The highest BCUT2D eigenvalue weighted by Gasteiger charge is 2.25. The number of halogens is 1. The van der Waals surface area contributed by atoms with Gasteiger partial charge < -0.3 is 15.2 Å². The van der Waals surface area contributed by atoms with Gasteiger partial charge in [-0.15, -0.1) is 0 Å². The summed E-state index contributed by atoms with van der Waals surface area (Å²) in [5.74, 6) is 2.40. The summed E-state index contributed by atoms with van der Waals surface area (Å²) in [5, 5.41) is 0.583. The lowest BCUT2D eigenvalue weighted by molar-refractivity contribution is 0.173. The third-order valence-electron chi connectivity index (χ3n) is 3.65. The van der Waals surface area contributed by atoms with E-state index in [1.54, 1.807) is 0 Å². The molecule has 1 aromatic rings. The van der Waals surface area contributed by atoms with E-state index in [-0.39, 0.29) is 12.8 Å². The number of nitrogens with zero attached hydrogens (tertiary/aromatic N) is 1. The summed E-state index contributed by atoms with van der Waals surface area (Å²) in [5.41, 5.74) is 7.04. The summed E-state index contributed by atoms with van der Waals surface area (Å²) >= 11 is 8.08. The zero-order valence-electron chi connectivity index (χ0n) is 12.1. The minimum atomic E-state index is 0.115. The maximum absolute atomic E-state index is 6.25. The van der Waals surface area contributed by atoms with Crippen molar-refractivity contribution in [2.24, 2.45) is 5.73 Å². The number of hydrogen-bond acceptors (Lipinski definition) is 5. The molecule has 0 radical (unpaired) electrons. The summed E-state index contributed by atoms with van der Waals surface area (Å²) in [7, 11) is 2.09. The first kappa shape index (κ1) is 15.8. The lowest BCUT2D eigenvalue weighted by Crippen LogP contribution is -2.38. The number of benzene rings is 1. The average Bonchev–Trinajstić information content (AvgIpc) is 2.88. The Morgan fingerprint density at radius 2 is 2.20 bits per heavy atom. The van der Waals surface area contributed by atoms with Crippen LogP contribution in [0, 0.1) is 0 Å². The molecule has 4 nitrogen and oxygen atoms in total. The van der Waals surface area contributed by atoms with Crippen LogP contribution in [0.5, 0.6) is 11.5 Å². The van der Waals surface area contributed by atoms with Crippen molar-refractivity contribution < 1.29 is 9.47 Å². The third-order valence-corrected chi connectivity index (χ3v) is 4.75. The normalized spacial score (nSPS) is 16.5. The van der Waals surface area contributed by atoms with E-state index in [9.17, 15) is 0 Å². The van der Waals surface area contributed by atoms with Crippen LogP contribution in [-0.4, -0.2) is 43.3 Å². The van der Waals surface area contributed by atoms with Gasteiger partial charge in [0.15, 0.2) is 11.5 Å². The molecule has 2 rings (SSSR count). The number of fused-ring (bicyclic) bond motifs is 1. The molecule has 0 fully saturated rings. The third kappa shape index (κ3) is 3.17. The summed E-state index contributed by atoms with van der Waals surface area (Å²) in [4.78, 5) is 2.28. The lowest BCUT2D eigenvalue weighted by Gasteiger charge is -2.32. The van der Waals surface area contributed by atoms with Crippen LogP contribution in [0.4, 0.5) is 0 Å². The van der Waals surface area contributed by atoms with Crippen molar-refractivity contribution in [3.8, 4) is 11.5 Å². The Morgan fingerprint density at radius 1 is 1.45 bits per heavy atom. The molecule has 2 N–H and O–H groups in total. The Balaban J connectivity index is 2.26. The molecule has 0 spiro atoms. The zero-order valence-corrected chi connectivity index (χ0v) is 13.6. The molecule has 1 aromatic carbocycles. The van der Waals surface area contributed by atoms with Gasteiger partial charge in [-0.2, -0.15) is 11.8 Å². The first-order valence-corrected chi connectivity index (χ1v) is 8.35. The molecule has 0 bridgehead atoms. The van der Waals surface area contributed by atoms with E-state index < -0.39 is 0 Å². The molecule has 0 saturated carbocycles. The Bertz CT molecular complexity index is 473. The summed E-state index contributed by atoms with van der Waals surface area (Å²) < 4.78 is 10.8. The number of nitrogens with two attached hydrogens (primary N) is 1. The smallest absolute Gasteiger partial charge is 0.231 e. The second-order valence-corrected chi connectivity index (χ2v) is 6.28. The van der Waals surface area contributed by atoms with Crippen molar-refractivity contribution in [1.82, 2.24) is 4.90 Å². The van der Waals surface area contributed by atoms with Crippen molar-refractivity contribution in [2.75, 3.05) is 32.4 Å². The Morgan fingerprint density at radius 3 is 2.85 bits per heavy atom. The van der Waals surface area contributed by atoms with Gasteiger partial charge in [-0.3, -0.25) is 4.90 Å². The molecule has 0 amide bonds. The van der Waals surface area contributed by atoms with E-state index in [0.717, 1.165) is 11.3 Å². The Labute approximate surface area is 129 Å². The highest BCUT2D eigenvalue weighted by atomic mass is 35.5. The van der Waals surface area contributed by atoms with Crippen molar-refractivity contribution >= 4 is 23.4 Å². The quantitative estimate of drug-likeness (QED) is 0.874. The van der Waals surface area contributed by atoms with Crippen LogP contribution >= 0.6 is 23.4 Å². The van der Waals surface area contributed by atoms with Crippen LogP contribution in [0.1, 0.15) is 18.5 Å². The number of thioether (sulfide) groups is 1. The summed E-state index contributed by atoms with van der Waals surface area (Å²) in [6.07, 6.45) is 2.11. The summed E-state index contributed by atoms with van der Waals surface area (Å²) in [6, 6.07) is 4.45. The van der Waals surface area contributed by atoms with Crippen molar-refractivity contribution in [3.05, 3.63) is 22.7 Å². The van der Waals surface area contributed by atoms with Crippen LogP contribution in [0.15, 0.2) is 12.1 Å². The first-order valence-electron chi connectivity index (χ1n) is 6.58. The molecule has 2 atom stereocenters. The second kappa shape index (κ2) is 6.89. The minimum Gasteiger partial charge on any atom is -0.454 e. The first-order chi connectivity index (χ1) is 9.58. The van der Waals surface area contributed by atoms with Crippen LogP contribution in [0.2, 0.25) is 5.02 Å².